The summed E-state index contributed by atoms with van der Waals surface area (Å²) in [4.78, 5) is 23.3. The van der Waals surface area contributed by atoms with Gasteiger partial charge in [0.15, 0.2) is 0 Å². The van der Waals surface area contributed by atoms with Crippen LogP contribution in [-0.4, -0.2) is 27.1 Å². The summed E-state index contributed by atoms with van der Waals surface area (Å²) < 4.78 is 2.43. The molecule has 0 aliphatic rings. The molecule has 1 aromatic heterocycles. The average molecular weight is 317 g/mol. The van der Waals surface area contributed by atoms with Crippen molar-refractivity contribution >= 4 is 27.8 Å². The number of hydrogen-bond donors (Lipinski definition) is 2. The lowest BCUT2D eigenvalue weighted by Gasteiger charge is -2.25. The van der Waals surface area contributed by atoms with Gasteiger partial charge in [-0.25, -0.2) is 4.79 Å². The van der Waals surface area contributed by atoms with Crippen LogP contribution in [0.2, 0.25) is 0 Å². The SMILES string of the molecule is CCCC(C)(NC(=O)c1cc(Br)cn1C)C(=O)O. The van der Waals surface area contributed by atoms with E-state index in [-0.39, 0.29) is 5.91 Å². The Kier molecular flexibility index (Phi) is 4.56. The predicted molar refractivity (Wildman–Crippen MR) is 71.5 cm³/mol. The van der Waals surface area contributed by atoms with Crippen LogP contribution in [0.5, 0.6) is 0 Å². The number of aryl methyl sites for hydroxylation is 1. The number of halogens is 1. The quantitative estimate of drug-likeness (QED) is 0.874. The number of carbonyl (C=O) groups is 2. The third-order valence-corrected chi connectivity index (χ3v) is 3.25. The normalized spacial score (nSPS) is 14.0. The van der Waals surface area contributed by atoms with Gasteiger partial charge in [0.25, 0.3) is 5.91 Å². The Morgan fingerprint density at radius 2 is 2.17 bits per heavy atom. The van der Waals surface area contributed by atoms with Gasteiger partial charge in [-0.2, -0.15) is 0 Å². The van der Waals surface area contributed by atoms with E-state index in [1.807, 2.05) is 6.92 Å². The molecule has 0 aliphatic carbocycles. The molecular formula is C12H17BrN2O3. The molecule has 1 aromatic rings. The number of hydrogen-bond acceptors (Lipinski definition) is 2. The van der Waals surface area contributed by atoms with Crippen LogP contribution in [0.4, 0.5) is 0 Å². The van der Waals surface area contributed by atoms with Gasteiger partial charge in [-0.3, -0.25) is 4.79 Å². The number of rotatable bonds is 5. The lowest BCUT2D eigenvalue weighted by Crippen LogP contribution is -2.52. The topological polar surface area (TPSA) is 71.3 Å². The van der Waals surface area contributed by atoms with E-state index in [9.17, 15) is 14.7 Å². The van der Waals surface area contributed by atoms with Crippen molar-refractivity contribution in [2.75, 3.05) is 0 Å². The van der Waals surface area contributed by atoms with Crippen LogP contribution >= 0.6 is 15.9 Å². The molecule has 1 heterocycles. The van der Waals surface area contributed by atoms with Crippen molar-refractivity contribution in [1.29, 1.82) is 0 Å². The van der Waals surface area contributed by atoms with Gasteiger partial charge >= 0.3 is 5.97 Å². The maximum Gasteiger partial charge on any atom is 0.329 e. The molecular weight excluding hydrogens is 300 g/mol. The Hall–Kier alpha value is -1.30. The minimum atomic E-state index is -1.23. The smallest absolute Gasteiger partial charge is 0.329 e. The molecule has 18 heavy (non-hydrogen) atoms. The summed E-state index contributed by atoms with van der Waals surface area (Å²) in [6.45, 7) is 3.40. The highest BCUT2D eigenvalue weighted by molar-refractivity contribution is 9.10. The third-order valence-electron chi connectivity index (χ3n) is 2.82. The summed E-state index contributed by atoms with van der Waals surface area (Å²) in [6, 6.07) is 1.66. The molecule has 0 aromatic carbocycles. The zero-order valence-corrected chi connectivity index (χ0v) is 12.2. The molecule has 1 atom stereocenters. The zero-order chi connectivity index (χ0) is 13.9. The molecule has 1 amide bonds. The van der Waals surface area contributed by atoms with Crippen molar-refractivity contribution in [1.82, 2.24) is 9.88 Å². The van der Waals surface area contributed by atoms with Gasteiger partial charge in [0.2, 0.25) is 0 Å². The van der Waals surface area contributed by atoms with Gasteiger partial charge < -0.3 is 15.0 Å². The number of carboxylic acids is 1. The molecule has 0 bridgehead atoms. The number of carbonyl (C=O) groups excluding carboxylic acids is 1. The van der Waals surface area contributed by atoms with Crippen LogP contribution in [0.1, 0.15) is 37.2 Å². The third kappa shape index (κ3) is 3.13. The Bertz CT molecular complexity index is 470. The van der Waals surface area contributed by atoms with E-state index < -0.39 is 11.5 Å². The first kappa shape index (κ1) is 14.8. The van der Waals surface area contributed by atoms with Crippen LogP contribution in [-0.2, 0) is 11.8 Å². The highest BCUT2D eigenvalue weighted by Gasteiger charge is 2.34. The lowest BCUT2D eigenvalue weighted by molar-refractivity contribution is -0.144. The largest absolute Gasteiger partial charge is 0.480 e. The Balaban J connectivity index is 2.92. The van der Waals surface area contributed by atoms with Crippen molar-refractivity contribution in [3.63, 3.8) is 0 Å². The lowest BCUT2D eigenvalue weighted by atomic mass is 9.96. The summed E-state index contributed by atoms with van der Waals surface area (Å²) in [6.07, 6.45) is 2.81. The second kappa shape index (κ2) is 5.56. The van der Waals surface area contributed by atoms with Gasteiger partial charge in [-0.15, -0.1) is 0 Å². The minimum absolute atomic E-state index is 0.387. The highest BCUT2D eigenvalue weighted by Crippen LogP contribution is 2.17. The standard InChI is InChI=1S/C12H17BrN2O3/c1-4-5-12(2,11(17)18)14-10(16)9-6-8(13)7-15(9)3/h6-7H,4-5H2,1-3H3,(H,14,16)(H,17,18). The molecule has 0 saturated heterocycles. The van der Waals surface area contributed by atoms with Crippen molar-refractivity contribution in [2.24, 2.45) is 7.05 Å². The van der Waals surface area contributed by atoms with Crippen molar-refractivity contribution in [3.8, 4) is 0 Å². The van der Waals surface area contributed by atoms with Crippen LogP contribution in [0.3, 0.4) is 0 Å². The Labute approximate surface area is 114 Å². The summed E-state index contributed by atoms with van der Waals surface area (Å²) in [7, 11) is 1.73. The summed E-state index contributed by atoms with van der Waals surface area (Å²) in [5.41, 5.74) is -0.812. The second-order valence-electron chi connectivity index (χ2n) is 4.50. The fourth-order valence-electron chi connectivity index (χ4n) is 1.79. The number of aromatic nitrogens is 1. The fourth-order valence-corrected chi connectivity index (χ4v) is 2.31. The number of nitrogens with zero attached hydrogens (tertiary/aromatic N) is 1. The number of amides is 1. The van der Waals surface area contributed by atoms with Crippen LogP contribution in [0.25, 0.3) is 0 Å². The molecule has 0 spiro atoms. The molecule has 1 rings (SSSR count). The molecule has 0 fully saturated rings. The molecule has 5 nitrogen and oxygen atoms in total. The molecule has 0 saturated carbocycles. The molecule has 100 valence electrons. The summed E-state index contributed by atoms with van der Waals surface area (Å²) in [5, 5.41) is 11.8. The van der Waals surface area contributed by atoms with Gasteiger partial charge in [-0.05, 0) is 35.3 Å². The first-order chi connectivity index (χ1) is 8.30. The molecule has 6 heteroatoms. The maximum absolute atomic E-state index is 12.1. The second-order valence-corrected chi connectivity index (χ2v) is 5.41. The van der Waals surface area contributed by atoms with Gasteiger partial charge in [0.05, 0.1) is 0 Å². The number of aliphatic carboxylic acids is 1. The monoisotopic (exact) mass is 316 g/mol. The predicted octanol–water partition coefficient (Wildman–Crippen LogP) is 2.16. The zero-order valence-electron chi connectivity index (χ0n) is 10.7. The van der Waals surface area contributed by atoms with E-state index in [2.05, 4.69) is 21.2 Å². The minimum Gasteiger partial charge on any atom is -0.480 e. The van der Waals surface area contributed by atoms with Crippen LogP contribution < -0.4 is 5.32 Å². The van der Waals surface area contributed by atoms with E-state index in [4.69, 9.17) is 0 Å². The van der Waals surface area contributed by atoms with Gasteiger partial charge in [-0.1, -0.05) is 13.3 Å². The van der Waals surface area contributed by atoms with Crippen molar-refractivity contribution in [2.45, 2.75) is 32.2 Å². The maximum atomic E-state index is 12.1. The molecule has 2 N–H and O–H groups in total. The van der Waals surface area contributed by atoms with E-state index in [1.54, 1.807) is 23.9 Å². The van der Waals surface area contributed by atoms with E-state index >= 15 is 0 Å². The fraction of sp³-hybridized carbons (Fsp3) is 0.500. The first-order valence-electron chi connectivity index (χ1n) is 5.68. The molecule has 1 unspecified atom stereocenters. The molecule has 0 aliphatic heterocycles. The summed E-state index contributed by atoms with van der Waals surface area (Å²) >= 11 is 3.27. The number of nitrogens with one attached hydrogen (secondary N) is 1. The van der Waals surface area contributed by atoms with Gasteiger partial charge in [0.1, 0.15) is 11.2 Å². The van der Waals surface area contributed by atoms with Crippen molar-refractivity contribution in [3.05, 3.63) is 22.4 Å². The molecule has 0 radical (unpaired) electrons. The van der Waals surface area contributed by atoms with E-state index in [0.717, 1.165) is 4.47 Å². The number of carboxylic acid groups (broad SMARTS) is 1. The van der Waals surface area contributed by atoms with Crippen LogP contribution in [0.15, 0.2) is 16.7 Å². The average Bonchev–Trinajstić information content (AvgIpc) is 2.57. The Morgan fingerprint density at radius 1 is 1.56 bits per heavy atom. The highest BCUT2D eigenvalue weighted by atomic mass is 79.9. The van der Waals surface area contributed by atoms with Crippen LogP contribution in [0, 0.1) is 0 Å². The summed E-state index contributed by atoms with van der Waals surface area (Å²) in [5.74, 6) is -1.41. The van der Waals surface area contributed by atoms with E-state index in [0.29, 0.717) is 18.5 Å². The first-order valence-corrected chi connectivity index (χ1v) is 6.47. The Morgan fingerprint density at radius 3 is 2.56 bits per heavy atom. The van der Waals surface area contributed by atoms with Gasteiger partial charge in [0, 0.05) is 17.7 Å². The van der Waals surface area contributed by atoms with Crippen molar-refractivity contribution < 1.29 is 14.7 Å². The van der Waals surface area contributed by atoms with E-state index in [1.165, 1.54) is 6.92 Å².